The lowest BCUT2D eigenvalue weighted by molar-refractivity contribution is -0.141. The Kier molecular flexibility index (Phi) is 11.8. The summed E-state index contributed by atoms with van der Waals surface area (Å²) in [5, 5.41) is 0.519. The summed E-state index contributed by atoms with van der Waals surface area (Å²) in [6.07, 6.45) is -2.53. The van der Waals surface area contributed by atoms with Crippen molar-refractivity contribution < 1.29 is 27.5 Å². The minimum atomic E-state index is -4.55. The molecule has 0 radical (unpaired) electrons. The number of carbonyl (C=O) groups excluding carboxylic acids is 1. The maximum absolute atomic E-state index is 13.7. The number of nitrogens with zero attached hydrogens (tertiary/aromatic N) is 2. The van der Waals surface area contributed by atoms with Gasteiger partial charge in [-0.2, -0.15) is 17.9 Å². The van der Waals surface area contributed by atoms with Crippen molar-refractivity contribution in [3.63, 3.8) is 0 Å². The fraction of sp³-hybridized carbons (Fsp3) is 0.250. The van der Waals surface area contributed by atoms with Crippen LogP contribution in [0.2, 0.25) is 5.02 Å². The number of fused-ring (bicyclic) bond motifs is 1. The Morgan fingerprint density at radius 3 is 2.13 bits per heavy atom. The van der Waals surface area contributed by atoms with Crippen LogP contribution in [0, 0.1) is 0 Å². The van der Waals surface area contributed by atoms with E-state index in [9.17, 15) is 18.0 Å². The van der Waals surface area contributed by atoms with Crippen LogP contribution in [0.3, 0.4) is 0 Å². The predicted octanol–water partition coefficient (Wildman–Crippen LogP) is 9.20. The fourth-order valence-corrected chi connectivity index (χ4v) is 5.80. The average Bonchev–Trinajstić information content (AvgIpc) is 3.42. The number of halogens is 5. The lowest BCUT2D eigenvalue weighted by Gasteiger charge is -2.30. The van der Waals surface area contributed by atoms with Crippen LogP contribution in [0.25, 0.3) is 10.9 Å². The first kappa shape index (κ1) is 34.9. The number of hydrogen-bond acceptors (Lipinski definition) is 4. The standard InChI is InChI=1S/C36H34ClF3N2O3.ClH/c1-25(44-34-18-10-17-33-30(34)20-22-42(33)45-26(2)43)19-21-41(23-29-15-9-16-32(35(29)37)36(38,39)40)24-31(27-11-5-3-6-12-27)28-13-7-4-8-14-28;/h3-18,20,22,25,31H,19,21,23-24H2,1-2H3;1H. The molecule has 5 rings (SSSR count). The van der Waals surface area contributed by atoms with Crippen LogP contribution in [-0.4, -0.2) is 34.8 Å². The van der Waals surface area contributed by atoms with E-state index < -0.39 is 17.7 Å². The second kappa shape index (κ2) is 15.5. The smallest absolute Gasteiger partial charge is 0.417 e. The van der Waals surface area contributed by atoms with Crippen LogP contribution >= 0.6 is 24.0 Å². The Balaban J connectivity index is 0.00000480. The molecule has 4 aromatic carbocycles. The second-order valence-electron chi connectivity index (χ2n) is 11.0. The maximum Gasteiger partial charge on any atom is 0.417 e. The molecule has 0 aliphatic rings. The number of rotatable bonds is 12. The van der Waals surface area contributed by atoms with Gasteiger partial charge in [-0.25, -0.2) is 4.79 Å². The number of alkyl halides is 3. The summed E-state index contributed by atoms with van der Waals surface area (Å²) >= 11 is 6.36. The van der Waals surface area contributed by atoms with E-state index in [1.54, 1.807) is 12.3 Å². The molecule has 0 amide bonds. The maximum atomic E-state index is 13.7. The molecule has 0 fully saturated rings. The molecule has 0 saturated heterocycles. The van der Waals surface area contributed by atoms with Gasteiger partial charge in [-0.1, -0.05) is 90.5 Å². The van der Waals surface area contributed by atoms with Gasteiger partial charge >= 0.3 is 12.1 Å². The first-order chi connectivity index (χ1) is 21.6. The quantitative estimate of drug-likeness (QED) is 0.133. The molecule has 1 unspecified atom stereocenters. The van der Waals surface area contributed by atoms with Gasteiger partial charge in [0.2, 0.25) is 0 Å². The zero-order valence-electron chi connectivity index (χ0n) is 25.4. The van der Waals surface area contributed by atoms with Gasteiger partial charge in [0.05, 0.1) is 22.2 Å². The summed E-state index contributed by atoms with van der Waals surface area (Å²) < 4.78 is 48.9. The zero-order valence-corrected chi connectivity index (χ0v) is 27.0. The van der Waals surface area contributed by atoms with Crippen LogP contribution in [-0.2, 0) is 17.5 Å². The minimum Gasteiger partial charge on any atom is -0.490 e. The van der Waals surface area contributed by atoms with Gasteiger partial charge < -0.3 is 9.57 Å². The Morgan fingerprint density at radius 1 is 0.891 bits per heavy atom. The van der Waals surface area contributed by atoms with Crippen molar-refractivity contribution in [1.82, 2.24) is 9.63 Å². The van der Waals surface area contributed by atoms with Gasteiger partial charge in [-0.05, 0) is 54.3 Å². The highest BCUT2D eigenvalue weighted by Crippen LogP contribution is 2.37. The number of benzene rings is 4. The molecule has 0 aliphatic carbocycles. The van der Waals surface area contributed by atoms with Crippen LogP contribution in [0.15, 0.2) is 109 Å². The van der Waals surface area contributed by atoms with Crippen molar-refractivity contribution in [2.24, 2.45) is 0 Å². The second-order valence-corrected chi connectivity index (χ2v) is 11.4. The summed E-state index contributed by atoms with van der Waals surface area (Å²) in [6, 6.07) is 31.6. The fourth-order valence-electron chi connectivity index (χ4n) is 5.50. The van der Waals surface area contributed by atoms with E-state index in [1.807, 2.05) is 67.6 Å². The Morgan fingerprint density at radius 2 is 1.52 bits per heavy atom. The lowest BCUT2D eigenvalue weighted by atomic mass is 9.90. The number of hydrogen-bond donors (Lipinski definition) is 0. The lowest BCUT2D eigenvalue weighted by Crippen LogP contribution is -2.32. The van der Waals surface area contributed by atoms with E-state index in [0.717, 1.165) is 22.6 Å². The normalized spacial score (nSPS) is 12.3. The molecule has 0 aliphatic heterocycles. The van der Waals surface area contributed by atoms with E-state index in [2.05, 4.69) is 29.2 Å². The summed E-state index contributed by atoms with van der Waals surface area (Å²) in [6.45, 7) is 4.62. The van der Waals surface area contributed by atoms with E-state index >= 15 is 0 Å². The van der Waals surface area contributed by atoms with Gasteiger partial charge in [-0.3, -0.25) is 4.90 Å². The van der Waals surface area contributed by atoms with Crippen LogP contribution in [0.1, 0.15) is 48.4 Å². The van der Waals surface area contributed by atoms with Crippen LogP contribution in [0.4, 0.5) is 13.2 Å². The van der Waals surface area contributed by atoms with Gasteiger partial charge in [0.15, 0.2) is 0 Å². The van der Waals surface area contributed by atoms with Crippen molar-refractivity contribution in [1.29, 1.82) is 0 Å². The third-order valence-corrected chi connectivity index (χ3v) is 8.13. The molecule has 1 heterocycles. The minimum absolute atomic E-state index is 0. The van der Waals surface area contributed by atoms with E-state index in [4.69, 9.17) is 21.2 Å². The largest absolute Gasteiger partial charge is 0.490 e. The Bertz CT molecular complexity index is 1690. The molecule has 0 N–H and O–H groups in total. The highest BCUT2D eigenvalue weighted by molar-refractivity contribution is 6.32. The molecular weight excluding hydrogens is 636 g/mol. The molecule has 5 aromatic rings. The Hall–Kier alpha value is -3.98. The van der Waals surface area contributed by atoms with Crippen LogP contribution < -0.4 is 9.57 Å². The third-order valence-electron chi connectivity index (χ3n) is 7.69. The van der Waals surface area contributed by atoms with Crippen LogP contribution in [0.5, 0.6) is 5.75 Å². The topological polar surface area (TPSA) is 43.7 Å². The van der Waals surface area contributed by atoms with Gasteiger partial charge in [0.1, 0.15) is 5.75 Å². The molecule has 0 spiro atoms. The SMILES string of the molecule is CC(=O)On1ccc2c(OC(C)CCN(Cc3cccc(C(F)(F)F)c3Cl)CC(c3ccccc3)c3ccccc3)cccc21.Cl. The van der Waals surface area contributed by atoms with Crippen molar-refractivity contribution >= 4 is 40.9 Å². The Labute approximate surface area is 277 Å². The van der Waals surface area contributed by atoms with Gasteiger partial charge in [0, 0.05) is 44.1 Å². The average molecular weight is 672 g/mol. The number of ether oxygens (including phenoxy) is 1. The molecule has 0 bridgehead atoms. The van der Waals surface area contributed by atoms with Crippen molar-refractivity contribution in [2.75, 3.05) is 13.1 Å². The van der Waals surface area contributed by atoms with Crippen molar-refractivity contribution in [2.45, 2.75) is 45.0 Å². The molecule has 46 heavy (non-hydrogen) atoms. The third kappa shape index (κ3) is 8.63. The van der Waals surface area contributed by atoms with E-state index in [1.165, 1.54) is 17.7 Å². The van der Waals surface area contributed by atoms with Gasteiger partial charge in [0.25, 0.3) is 0 Å². The zero-order chi connectivity index (χ0) is 32.0. The molecular formula is C36H35Cl2F3N2O3. The molecule has 1 atom stereocenters. The summed E-state index contributed by atoms with van der Waals surface area (Å²) in [5.74, 6) is 0.185. The number of carbonyl (C=O) groups is 1. The highest BCUT2D eigenvalue weighted by atomic mass is 35.5. The summed E-state index contributed by atoms with van der Waals surface area (Å²) in [5.41, 5.74) is 2.49. The molecule has 5 nitrogen and oxygen atoms in total. The molecule has 1 aromatic heterocycles. The first-order valence-electron chi connectivity index (χ1n) is 14.7. The van der Waals surface area contributed by atoms with Crippen molar-refractivity contribution in [3.05, 3.63) is 137 Å². The number of aromatic nitrogens is 1. The predicted molar refractivity (Wildman–Crippen MR) is 178 cm³/mol. The monoisotopic (exact) mass is 670 g/mol. The summed E-state index contributed by atoms with van der Waals surface area (Å²) in [4.78, 5) is 18.9. The highest BCUT2D eigenvalue weighted by Gasteiger charge is 2.34. The van der Waals surface area contributed by atoms with Crippen molar-refractivity contribution in [3.8, 4) is 5.75 Å². The first-order valence-corrected chi connectivity index (χ1v) is 15.1. The van der Waals surface area contributed by atoms with E-state index in [-0.39, 0.29) is 36.0 Å². The molecule has 0 saturated carbocycles. The molecule has 242 valence electrons. The summed E-state index contributed by atoms with van der Waals surface area (Å²) in [7, 11) is 0. The van der Waals surface area contributed by atoms with E-state index in [0.29, 0.717) is 36.3 Å². The van der Waals surface area contributed by atoms with Gasteiger partial charge in [-0.15, -0.1) is 12.4 Å². The molecule has 10 heteroatoms.